The van der Waals surface area contributed by atoms with Crippen LogP contribution in [0.5, 0.6) is 0 Å². The molecule has 1 atom stereocenters. The third-order valence-electron chi connectivity index (χ3n) is 3.55. The Bertz CT molecular complexity index is 237. The van der Waals surface area contributed by atoms with Crippen molar-refractivity contribution < 1.29 is 4.79 Å². The molecule has 1 aliphatic carbocycles. The van der Waals surface area contributed by atoms with Crippen LogP contribution >= 0.6 is 0 Å². The van der Waals surface area contributed by atoms with E-state index in [1.807, 2.05) is 4.90 Å². The molecule has 0 bridgehead atoms. The summed E-state index contributed by atoms with van der Waals surface area (Å²) in [7, 11) is 0. The smallest absolute Gasteiger partial charge is 0.225 e. The Morgan fingerprint density at radius 2 is 2.29 bits per heavy atom. The van der Waals surface area contributed by atoms with Gasteiger partial charge in [-0.3, -0.25) is 4.79 Å². The van der Waals surface area contributed by atoms with Crippen molar-refractivity contribution in [3.05, 3.63) is 0 Å². The van der Waals surface area contributed by atoms with Gasteiger partial charge in [0.05, 0.1) is 0 Å². The fourth-order valence-corrected chi connectivity index (χ4v) is 2.23. The Labute approximate surface area is 85.6 Å². The maximum Gasteiger partial charge on any atom is 0.225 e. The summed E-state index contributed by atoms with van der Waals surface area (Å²) in [6.45, 7) is 3.82. The number of carbonyl (C=O) groups is 1. The van der Waals surface area contributed by atoms with Crippen LogP contribution in [0.1, 0.15) is 39.0 Å². The third-order valence-corrected chi connectivity index (χ3v) is 3.55. The highest BCUT2D eigenvalue weighted by molar-refractivity contribution is 5.81. The van der Waals surface area contributed by atoms with Crippen molar-refractivity contribution in [3.63, 3.8) is 0 Å². The molecule has 1 aliphatic heterocycles. The zero-order valence-electron chi connectivity index (χ0n) is 8.96. The molecular formula is C11H20N2O. The molecule has 2 N–H and O–H groups in total. The maximum atomic E-state index is 11.8. The summed E-state index contributed by atoms with van der Waals surface area (Å²) in [4.78, 5) is 13.8. The molecule has 0 spiro atoms. The van der Waals surface area contributed by atoms with Gasteiger partial charge >= 0.3 is 0 Å². The SMILES string of the molecule is CCC1(N)CCCN(C(=O)C2CC2)C1. The van der Waals surface area contributed by atoms with Crippen molar-refractivity contribution in [2.24, 2.45) is 11.7 Å². The number of nitrogens with two attached hydrogens (primary N) is 1. The second-order valence-electron chi connectivity index (χ2n) is 4.85. The average molecular weight is 196 g/mol. The number of hydrogen-bond acceptors (Lipinski definition) is 2. The molecule has 2 aliphatic rings. The van der Waals surface area contributed by atoms with E-state index in [1.54, 1.807) is 0 Å². The fourth-order valence-electron chi connectivity index (χ4n) is 2.23. The second-order valence-corrected chi connectivity index (χ2v) is 4.85. The van der Waals surface area contributed by atoms with Crippen molar-refractivity contribution in [2.45, 2.75) is 44.6 Å². The predicted molar refractivity (Wildman–Crippen MR) is 55.7 cm³/mol. The van der Waals surface area contributed by atoms with Gasteiger partial charge < -0.3 is 10.6 Å². The quantitative estimate of drug-likeness (QED) is 0.719. The molecule has 1 heterocycles. The lowest BCUT2D eigenvalue weighted by molar-refractivity contribution is -0.134. The van der Waals surface area contributed by atoms with Crippen molar-refractivity contribution >= 4 is 5.91 Å². The first kappa shape index (κ1) is 9.97. The molecule has 1 saturated heterocycles. The largest absolute Gasteiger partial charge is 0.341 e. The topological polar surface area (TPSA) is 46.3 Å². The van der Waals surface area contributed by atoms with E-state index >= 15 is 0 Å². The summed E-state index contributed by atoms with van der Waals surface area (Å²) in [5.74, 6) is 0.696. The molecule has 1 amide bonds. The van der Waals surface area contributed by atoms with Crippen molar-refractivity contribution in [3.8, 4) is 0 Å². The first-order chi connectivity index (χ1) is 6.64. The molecule has 0 aromatic rings. The van der Waals surface area contributed by atoms with E-state index in [1.165, 1.54) is 0 Å². The molecular weight excluding hydrogens is 176 g/mol. The van der Waals surface area contributed by atoms with Crippen LogP contribution in [-0.4, -0.2) is 29.4 Å². The minimum atomic E-state index is -0.108. The highest BCUT2D eigenvalue weighted by atomic mass is 16.2. The van der Waals surface area contributed by atoms with Crippen LogP contribution < -0.4 is 5.73 Å². The molecule has 1 saturated carbocycles. The molecule has 0 aromatic carbocycles. The van der Waals surface area contributed by atoms with Gasteiger partial charge in [0.15, 0.2) is 0 Å². The van der Waals surface area contributed by atoms with Gasteiger partial charge in [0, 0.05) is 24.5 Å². The van der Waals surface area contributed by atoms with Crippen LogP contribution in [0.3, 0.4) is 0 Å². The number of piperidine rings is 1. The van der Waals surface area contributed by atoms with Crippen LogP contribution in [0, 0.1) is 5.92 Å². The fraction of sp³-hybridized carbons (Fsp3) is 0.909. The van der Waals surface area contributed by atoms with E-state index in [0.29, 0.717) is 11.8 Å². The number of likely N-dealkylation sites (tertiary alicyclic amines) is 1. The molecule has 80 valence electrons. The summed E-state index contributed by atoms with van der Waals surface area (Å²) in [6.07, 6.45) is 5.31. The Hall–Kier alpha value is -0.570. The molecule has 1 unspecified atom stereocenters. The second kappa shape index (κ2) is 3.54. The number of nitrogens with zero attached hydrogens (tertiary/aromatic N) is 1. The Balaban J connectivity index is 1.96. The van der Waals surface area contributed by atoms with Crippen LogP contribution in [0.25, 0.3) is 0 Å². The zero-order chi connectivity index (χ0) is 10.2. The molecule has 3 heteroatoms. The van der Waals surface area contributed by atoms with E-state index in [9.17, 15) is 4.79 Å². The summed E-state index contributed by atoms with van der Waals surface area (Å²) in [5, 5.41) is 0. The number of amides is 1. The van der Waals surface area contributed by atoms with Gasteiger partial charge in [-0.1, -0.05) is 6.92 Å². The number of hydrogen-bond donors (Lipinski definition) is 1. The lowest BCUT2D eigenvalue weighted by Crippen LogP contribution is -2.55. The highest BCUT2D eigenvalue weighted by Gasteiger charge is 2.38. The molecule has 2 fully saturated rings. The van der Waals surface area contributed by atoms with Gasteiger partial charge in [-0.05, 0) is 32.1 Å². The lowest BCUT2D eigenvalue weighted by atomic mass is 9.87. The van der Waals surface area contributed by atoms with Crippen LogP contribution in [0.2, 0.25) is 0 Å². The van der Waals surface area contributed by atoms with E-state index in [2.05, 4.69) is 6.92 Å². The van der Waals surface area contributed by atoms with Crippen molar-refractivity contribution in [2.75, 3.05) is 13.1 Å². The van der Waals surface area contributed by atoms with Gasteiger partial charge in [-0.2, -0.15) is 0 Å². The molecule has 0 radical (unpaired) electrons. The normalized spacial score (nSPS) is 33.1. The first-order valence-corrected chi connectivity index (χ1v) is 5.72. The monoisotopic (exact) mass is 196 g/mol. The van der Waals surface area contributed by atoms with Gasteiger partial charge in [-0.25, -0.2) is 0 Å². The third kappa shape index (κ3) is 1.92. The maximum absolute atomic E-state index is 11.8. The van der Waals surface area contributed by atoms with Gasteiger partial charge in [-0.15, -0.1) is 0 Å². The van der Waals surface area contributed by atoms with Crippen LogP contribution in [0.4, 0.5) is 0 Å². The Morgan fingerprint density at radius 3 is 2.86 bits per heavy atom. The first-order valence-electron chi connectivity index (χ1n) is 5.72. The number of rotatable bonds is 2. The number of carbonyl (C=O) groups excluding carboxylic acids is 1. The zero-order valence-corrected chi connectivity index (χ0v) is 8.96. The minimum absolute atomic E-state index is 0.108. The van der Waals surface area contributed by atoms with Gasteiger partial charge in [0.1, 0.15) is 0 Å². The molecule has 0 aromatic heterocycles. The highest BCUT2D eigenvalue weighted by Crippen LogP contribution is 2.33. The Morgan fingerprint density at radius 1 is 1.57 bits per heavy atom. The van der Waals surface area contributed by atoms with Crippen molar-refractivity contribution in [1.82, 2.24) is 4.90 Å². The van der Waals surface area contributed by atoms with Crippen LogP contribution in [0.15, 0.2) is 0 Å². The van der Waals surface area contributed by atoms with Gasteiger partial charge in [0.2, 0.25) is 5.91 Å². The minimum Gasteiger partial charge on any atom is -0.341 e. The lowest BCUT2D eigenvalue weighted by Gasteiger charge is -2.40. The summed E-state index contributed by atoms with van der Waals surface area (Å²) in [6, 6.07) is 0. The average Bonchev–Trinajstić information content (AvgIpc) is 3.00. The van der Waals surface area contributed by atoms with Crippen LogP contribution in [-0.2, 0) is 4.79 Å². The van der Waals surface area contributed by atoms with Gasteiger partial charge in [0.25, 0.3) is 0 Å². The summed E-state index contributed by atoms with van der Waals surface area (Å²) < 4.78 is 0. The Kier molecular flexibility index (Phi) is 2.52. The molecule has 14 heavy (non-hydrogen) atoms. The van der Waals surface area contributed by atoms with E-state index in [-0.39, 0.29) is 5.54 Å². The van der Waals surface area contributed by atoms with E-state index < -0.39 is 0 Å². The van der Waals surface area contributed by atoms with Crippen molar-refractivity contribution in [1.29, 1.82) is 0 Å². The summed E-state index contributed by atoms with van der Waals surface area (Å²) in [5.41, 5.74) is 6.10. The summed E-state index contributed by atoms with van der Waals surface area (Å²) >= 11 is 0. The molecule has 2 rings (SSSR count). The predicted octanol–water partition coefficient (Wildman–Crippen LogP) is 1.13. The van der Waals surface area contributed by atoms with E-state index in [0.717, 1.165) is 45.2 Å². The standard InChI is InChI=1S/C11H20N2O/c1-2-11(12)6-3-7-13(8-11)10(14)9-4-5-9/h9H,2-8,12H2,1H3. The molecule has 3 nitrogen and oxygen atoms in total. The van der Waals surface area contributed by atoms with E-state index in [4.69, 9.17) is 5.73 Å².